The Bertz CT molecular complexity index is 730. The molecule has 3 heterocycles. The summed E-state index contributed by atoms with van der Waals surface area (Å²) in [6.07, 6.45) is 2.39. The van der Waals surface area contributed by atoms with E-state index in [0.717, 1.165) is 50.1 Å². The maximum Gasteiger partial charge on any atom is 0.159 e. The van der Waals surface area contributed by atoms with Crippen molar-refractivity contribution in [1.82, 2.24) is 19.7 Å². The highest BCUT2D eigenvalue weighted by Crippen LogP contribution is 2.38. The first kappa shape index (κ1) is 16.5. The van der Waals surface area contributed by atoms with E-state index in [4.69, 9.17) is 9.47 Å². The van der Waals surface area contributed by atoms with Gasteiger partial charge in [0.2, 0.25) is 0 Å². The van der Waals surface area contributed by atoms with Crippen molar-refractivity contribution in [1.29, 1.82) is 0 Å². The largest absolute Gasteiger partial charge is 0.496 e. The Labute approximate surface area is 148 Å². The molecule has 4 rings (SSSR count). The highest BCUT2D eigenvalue weighted by atomic mass is 16.5. The number of methoxy groups -OCH3 is 1. The Hall–Kier alpha value is -1.92. The summed E-state index contributed by atoms with van der Waals surface area (Å²) >= 11 is 0. The van der Waals surface area contributed by atoms with E-state index in [1.165, 1.54) is 12.0 Å². The number of piperidine rings is 1. The van der Waals surface area contributed by atoms with Crippen LogP contribution in [0.4, 0.5) is 0 Å². The molecule has 134 valence electrons. The quantitative estimate of drug-likeness (QED) is 0.855. The van der Waals surface area contributed by atoms with Gasteiger partial charge in [0, 0.05) is 24.7 Å². The second-order valence-corrected chi connectivity index (χ2v) is 7.11. The Morgan fingerprint density at radius 3 is 3.00 bits per heavy atom. The molecule has 0 N–H and O–H groups in total. The van der Waals surface area contributed by atoms with E-state index in [1.807, 2.05) is 6.07 Å². The van der Waals surface area contributed by atoms with E-state index >= 15 is 0 Å². The molecule has 0 spiro atoms. The maximum absolute atomic E-state index is 5.62. The van der Waals surface area contributed by atoms with E-state index in [1.54, 1.807) is 7.11 Å². The zero-order chi connectivity index (χ0) is 17.2. The van der Waals surface area contributed by atoms with Crippen molar-refractivity contribution in [3.05, 3.63) is 41.5 Å². The van der Waals surface area contributed by atoms with Gasteiger partial charge in [0.1, 0.15) is 18.2 Å². The van der Waals surface area contributed by atoms with Crippen LogP contribution >= 0.6 is 0 Å². The summed E-state index contributed by atoms with van der Waals surface area (Å²) in [5.41, 5.74) is 1.28. The van der Waals surface area contributed by atoms with Crippen LogP contribution in [-0.4, -0.2) is 39.9 Å². The Morgan fingerprint density at radius 1 is 1.24 bits per heavy atom. The second-order valence-electron chi connectivity index (χ2n) is 7.11. The number of rotatable bonds is 4. The summed E-state index contributed by atoms with van der Waals surface area (Å²) in [5, 5.41) is 8.76. The molecule has 2 aliphatic heterocycles. The first-order valence-corrected chi connectivity index (χ1v) is 9.12. The van der Waals surface area contributed by atoms with E-state index < -0.39 is 0 Å². The SMILES string of the molecule is COc1ccccc1[C@@H]1CC[C@@H](C)CN1Cc1nnc2n1CCOC2. The highest BCUT2D eigenvalue weighted by Gasteiger charge is 2.31. The third-order valence-corrected chi connectivity index (χ3v) is 5.36. The van der Waals surface area contributed by atoms with E-state index in [2.05, 4.69) is 44.8 Å². The van der Waals surface area contributed by atoms with Crippen LogP contribution in [0.5, 0.6) is 5.75 Å². The first-order valence-electron chi connectivity index (χ1n) is 9.12. The topological polar surface area (TPSA) is 52.4 Å². The molecule has 1 saturated heterocycles. The van der Waals surface area contributed by atoms with Crippen molar-refractivity contribution in [2.45, 2.75) is 45.5 Å². The number of hydrogen-bond donors (Lipinski definition) is 0. The zero-order valence-electron chi connectivity index (χ0n) is 15.0. The second kappa shape index (κ2) is 7.14. The van der Waals surface area contributed by atoms with Crippen LogP contribution in [0, 0.1) is 5.92 Å². The fourth-order valence-electron chi connectivity index (χ4n) is 4.07. The van der Waals surface area contributed by atoms with Crippen LogP contribution in [0.25, 0.3) is 0 Å². The lowest BCUT2D eigenvalue weighted by Gasteiger charge is -2.39. The van der Waals surface area contributed by atoms with Gasteiger partial charge >= 0.3 is 0 Å². The number of nitrogens with zero attached hydrogens (tertiary/aromatic N) is 4. The van der Waals surface area contributed by atoms with E-state index in [0.29, 0.717) is 18.6 Å². The Morgan fingerprint density at radius 2 is 2.12 bits per heavy atom. The van der Waals surface area contributed by atoms with Gasteiger partial charge in [0.05, 0.1) is 20.3 Å². The number of likely N-dealkylation sites (tertiary alicyclic amines) is 1. The van der Waals surface area contributed by atoms with Crippen molar-refractivity contribution < 1.29 is 9.47 Å². The smallest absolute Gasteiger partial charge is 0.159 e. The van der Waals surface area contributed by atoms with Crippen LogP contribution in [0.2, 0.25) is 0 Å². The molecule has 25 heavy (non-hydrogen) atoms. The number of benzene rings is 1. The molecule has 6 heteroatoms. The molecular weight excluding hydrogens is 316 g/mol. The van der Waals surface area contributed by atoms with Gasteiger partial charge in [0.15, 0.2) is 5.82 Å². The Kier molecular flexibility index (Phi) is 4.72. The van der Waals surface area contributed by atoms with Gasteiger partial charge in [0.25, 0.3) is 0 Å². The van der Waals surface area contributed by atoms with E-state index in [9.17, 15) is 0 Å². The normalized spacial score (nSPS) is 24.1. The fraction of sp³-hybridized carbons (Fsp3) is 0.579. The number of ether oxygens (including phenoxy) is 2. The lowest BCUT2D eigenvalue weighted by Crippen LogP contribution is -2.38. The molecule has 0 saturated carbocycles. The molecule has 1 aromatic carbocycles. The summed E-state index contributed by atoms with van der Waals surface area (Å²) in [4.78, 5) is 2.54. The predicted molar refractivity (Wildman–Crippen MR) is 94.2 cm³/mol. The molecule has 0 amide bonds. The molecule has 0 unspecified atom stereocenters. The first-order chi connectivity index (χ1) is 12.3. The van der Waals surface area contributed by atoms with Crippen molar-refractivity contribution >= 4 is 0 Å². The lowest BCUT2D eigenvalue weighted by atomic mass is 9.89. The maximum atomic E-state index is 5.62. The highest BCUT2D eigenvalue weighted by molar-refractivity contribution is 5.36. The molecule has 1 fully saturated rings. The minimum absolute atomic E-state index is 0.361. The molecule has 2 atom stereocenters. The molecule has 2 aliphatic rings. The van der Waals surface area contributed by atoms with E-state index in [-0.39, 0.29) is 0 Å². The summed E-state index contributed by atoms with van der Waals surface area (Å²) in [7, 11) is 1.75. The third-order valence-electron chi connectivity index (χ3n) is 5.36. The van der Waals surface area contributed by atoms with Crippen molar-refractivity contribution in [2.24, 2.45) is 5.92 Å². The number of para-hydroxylation sites is 1. The minimum Gasteiger partial charge on any atom is -0.496 e. The number of aromatic nitrogens is 3. The fourth-order valence-corrected chi connectivity index (χ4v) is 4.07. The van der Waals surface area contributed by atoms with Gasteiger partial charge in [-0.15, -0.1) is 10.2 Å². The van der Waals surface area contributed by atoms with Crippen LogP contribution in [0.1, 0.15) is 43.0 Å². The van der Waals surface area contributed by atoms with Gasteiger partial charge in [-0.1, -0.05) is 25.1 Å². The molecule has 1 aromatic heterocycles. The van der Waals surface area contributed by atoms with Crippen molar-refractivity contribution in [3.8, 4) is 5.75 Å². The standard InChI is InChI=1S/C19H26N4O2/c1-14-7-8-16(15-5-3-4-6-17(15)24-2)22(11-14)12-18-20-21-19-13-25-10-9-23(18)19/h3-6,14,16H,7-13H2,1-2H3/t14-,16+/m1/s1. The summed E-state index contributed by atoms with van der Waals surface area (Å²) in [5.74, 6) is 3.66. The Balaban J connectivity index is 1.62. The van der Waals surface area contributed by atoms with Crippen molar-refractivity contribution in [2.75, 3.05) is 20.3 Å². The van der Waals surface area contributed by atoms with Gasteiger partial charge in [-0.25, -0.2) is 0 Å². The van der Waals surface area contributed by atoms with Crippen molar-refractivity contribution in [3.63, 3.8) is 0 Å². The number of hydrogen-bond acceptors (Lipinski definition) is 5. The third kappa shape index (κ3) is 3.28. The minimum atomic E-state index is 0.361. The number of fused-ring (bicyclic) bond motifs is 1. The van der Waals surface area contributed by atoms with Crippen LogP contribution in [0.3, 0.4) is 0 Å². The molecule has 0 radical (unpaired) electrons. The molecule has 2 aromatic rings. The van der Waals surface area contributed by atoms with Gasteiger partial charge in [-0.2, -0.15) is 0 Å². The predicted octanol–water partition coefficient (Wildman–Crippen LogP) is 2.79. The molecule has 0 aliphatic carbocycles. The molecule has 0 bridgehead atoms. The van der Waals surface area contributed by atoms with Gasteiger partial charge < -0.3 is 14.0 Å². The summed E-state index contributed by atoms with van der Waals surface area (Å²) < 4.78 is 13.3. The lowest BCUT2D eigenvalue weighted by molar-refractivity contribution is 0.0744. The summed E-state index contributed by atoms with van der Waals surface area (Å²) in [6, 6.07) is 8.75. The molecular formula is C19H26N4O2. The average Bonchev–Trinajstić information content (AvgIpc) is 3.05. The van der Waals surface area contributed by atoms with Crippen LogP contribution < -0.4 is 4.74 Å². The summed E-state index contributed by atoms with van der Waals surface area (Å²) in [6.45, 7) is 6.38. The van der Waals surface area contributed by atoms with Gasteiger partial charge in [-0.05, 0) is 24.8 Å². The zero-order valence-corrected chi connectivity index (χ0v) is 15.0. The van der Waals surface area contributed by atoms with Crippen LogP contribution in [0.15, 0.2) is 24.3 Å². The molecule has 6 nitrogen and oxygen atoms in total. The van der Waals surface area contributed by atoms with Crippen LogP contribution in [-0.2, 0) is 24.4 Å². The van der Waals surface area contributed by atoms with Gasteiger partial charge in [-0.3, -0.25) is 4.90 Å². The monoisotopic (exact) mass is 342 g/mol. The average molecular weight is 342 g/mol.